The molecule has 0 aliphatic carbocycles. The molecule has 0 saturated carbocycles. The second kappa shape index (κ2) is 7.82. The minimum absolute atomic E-state index is 0.134. The van der Waals surface area contributed by atoms with E-state index < -0.39 is 0 Å². The van der Waals surface area contributed by atoms with Gasteiger partial charge < -0.3 is 4.90 Å². The molecule has 0 radical (unpaired) electrons. The molecule has 3 nitrogen and oxygen atoms in total. The van der Waals surface area contributed by atoms with Crippen LogP contribution in [0.3, 0.4) is 0 Å². The normalized spacial score (nSPS) is 16.8. The lowest BCUT2D eigenvalue weighted by Gasteiger charge is -2.39. The van der Waals surface area contributed by atoms with Crippen LogP contribution in [0.15, 0.2) is 54.6 Å². The predicted molar refractivity (Wildman–Crippen MR) is 98.4 cm³/mol. The number of hydrogen-bond donors (Lipinski definition) is 0. The number of hydrogen-bond acceptors (Lipinski definition) is 2. The van der Waals surface area contributed by atoms with E-state index in [-0.39, 0.29) is 5.91 Å². The van der Waals surface area contributed by atoms with E-state index in [1.165, 1.54) is 5.56 Å². The van der Waals surface area contributed by atoms with Gasteiger partial charge in [-0.3, -0.25) is 9.69 Å². The number of piperazine rings is 1. The molecule has 0 bridgehead atoms. The Morgan fingerprint density at radius 1 is 1.00 bits per heavy atom. The minimum Gasteiger partial charge on any atom is -0.336 e. The highest BCUT2D eigenvalue weighted by Gasteiger charge is 2.26. The number of benzene rings is 2. The third-order valence-corrected chi connectivity index (χ3v) is 4.96. The van der Waals surface area contributed by atoms with Crippen molar-refractivity contribution >= 4 is 17.5 Å². The fourth-order valence-corrected chi connectivity index (χ4v) is 3.52. The molecular formula is C20H23ClN2O. The van der Waals surface area contributed by atoms with Gasteiger partial charge in [-0.05, 0) is 36.2 Å². The predicted octanol–water partition coefficient (Wildman–Crippen LogP) is 4.25. The van der Waals surface area contributed by atoms with Gasteiger partial charge in [-0.25, -0.2) is 0 Å². The zero-order chi connectivity index (χ0) is 16.9. The van der Waals surface area contributed by atoms with Gasteiger partial charge in [0.05, 0.1) is 0 Å². The van der Waals surface area contributed by atoms with Crippen LogP contribution in [0.4, 0.5) is 0 Å². The van der Waals surface area contributed by atoms with Gasteiger partial charge >= 0.3 is 0 Å². The van der Waals surface area contributed by atoms with Crippen LogP contribution in [-0.2, 0) is 0 Å². The number of amides is 1. The molecule has 0 N–H and O–H groups in total. The van der Waals surface area contributed by atoms with E-state index in [0.717, 1.165) is 43.2 Å². The molecule has 126 valence electrons. The third-order valence-electron chi connectivity index (χ3n) is 4.70. The van der Waals surface area contributed by atoms with Crippen molar-refractivity contribution in [2.45, 2.75) is 19.4 Å². The molecule has 1 amide bonds. The molecule has 1 fully saturated rings. The molecule has 24 heavy (non-hydrogen) atoms. The number of rotatable bonds is 4. The van der Waals surface area contributed by atoms with Gasteiger partial charge in [-0.15, -0.1) is 0 Å². The van der Waals surface area contributed by atoms with E-state index in [0.29, 0.717) is 6.04 Å². The summed E-state index contributed by atoms with van der Waals surface area (Å²) in [5, 5.41) is 0.770. The highest BCUT2D eigenvalue weighted by Crippen LogP contribution is 2.26. The standard InChI is InChI=1S/C20H23ClN2O/c1-2-19(16-8-10-18(21)11-9-16)22-12-14-23(15-13-22)20(24)17-6-4-3-5-7-17/h3-11,19H,2,12-15H2,1H3. The summed E-state index contributed by atoms with van der Waals surface area (Å²) < 4.78 is 0. The molecule has 1 heterocycles. The summed E-state index contributed by atoms with van der Waals surface area (Å²) in [7, 11) is 0. The van der Waals surface area contributed by atoms with Crippen molar-refractivity contribution in [3.05, 3.63) is 70.7 Å². The van der Waals surface area contributed by atoms with E-state index >= 15 is 0 Å². The number of nitrogens with zero attached hydrogens (tertiary/aromatic N) is 2. The Hall–Kier alpha value is -1.84. The molecule has 2 aromatic carbocycles. The summed E-state index contributed by atoms with van der Waals surface area (Å²) in [6.45, 7) is 5.57. The quantitative estimate of drug-likeness (QED) is 0.829. The molecule has 1 saturated heterocycles. The average Bonchev–Trinajstić information content (AvgIpc) is 2.64. The summed E-state index contributed by atoms with van der Waals surface area (Å²) in [6, 6.07) is 18.0. The number of carbonyl (C=O) groups excluding carboxylic acids is 1. The first kappa shape index (κ1) is 17.0. The van der Waals surface area contributed by atoms with Crippen LogP contribution in [0.25, 0.3) is 0 Å². The number of carbonyl (C=O) groups is 1. The lowest BCUT2D eigenvalue weighted by molar-refractivity contribution is 0.0562. The van der Waals surface area contributed by atoms with Gasteiger partial charge in [-0.1, -0.05) is 48.9 Å². The van der Waals surface area contributed by atoms with Crippen LogP contribution in [-0.4, -0.2) is 41.9 Å². The van der Waals surface area contributed by atoms with Gasteiger partial charge in [-0.2, -0.15) is 0 Å². The lowest BCUT2D eigenvalue weighted by atomic mass is 10.0. The van der Waals surface area contributed by atoms with Crippen LogP contribution in [0.2, 0.25) is 5.02 Å². The molecule has 1 aliphatic heterocycles. The van der Waals surface area contributed by atoms with Crippen molar-refractivity contribution in [3.63, 3.8) is 0 Å². The fraction of sp³-hybridized carbons (Fsp3) is 0.350. The van der Waals surface area contributed by atoms with Crippen molar-refractivity contribution in [2.75, 3.05) is 26.2 Å². The van der Waals surface area contributed by atoms with Gasteiger partial charge in [0, 0.05) is 42.8 Å². The van der Waals surface area contributed by atoms with Crippen molar-refractivity contribution < 1.29 is 4.79 Å². The maximum Gasteiger partial charge on any atom is 0.253 e. The van der Waals surface area contributed by atoms with Crippen LogP contribution < -0.4 is 0 Å². The molecule has 4 heteroatoms. The summed E-state index contributed by atoms with van der Waals surface area (Å²) in [5.41, 5.74) is 2.07. The smallest absolute Gasteiger partial charge is 0.253 e. The Morgan fingerprint density at radius 2 is 1.62 bits per heavy atom. The first-order valence-electron chi connectivity index (χ1n) is 8.53. The Kier molecular flexibility index (Phi) is 5.54. The third kappa shape index (κ3) is 3.80. The van der Waals surface area contributed by atoms with Crippen molar-refractivity contribution in [3.8, 4) is 0 Å². The Labute approximate surface area is 148 Å². The zero-order valence-corrected chi connectivity index (χ0v) is 14.7. The largest absolute Gasteiger partial charge is 0.336 e. The number of halogens is 1. The highest BCUT2D eigenvalue weighted by atomic mass is 35.5. The van der Waals surface area contributed by atoms with Crippen LogP contribution in [0.5, 0.6) is 0 Å². The average molecular weight is 343 g/mol. The molecule has 0 aromatic heterocycles. The Balaban J connectivity index is 1.63. The second-order valence-corrected chi connectivity index (χ2v) is 6.61. The first-order chi connectivity index (χ1) is 11.7. The van der Waals surface area contributed by atoms with Crippen LogP contribution >= 0.6 is 11.6 Å². The molecule has 1 atom stereocenters. The first-order valence-corrected chi connectivity index (χ1v) is 8.90. The maximum atomic E-state index is 12.5. The molecule has 0 spiro atoms. The van der Waals surface area contributed by atoms with Gasteiger partial charge in [0.2, 0.25) is 0 Å². The summed E-state index contributed by atoms with van der Waals surface area (Å²) in [6.07, 6.45) is 1.05. The van der Waals surface area contributed by atoms with Crippen molar-refractivity contribution in [2.24, 2.45) is 0 Å². The highest BCUT2D eigenvalue weighted by molar-refractivity contribution is 6.30. The van der Waals surface area contributed by atoms with Crippen LogP contribution in [0.1, 0.15) is 35.3 Å². The second-order valence-electron chi connectivity index (χ2n) is 6.17. The summed E-state index contributed by atoms with van der Waals surface area (Å²) in [4.78, 5) is 17.0. The summed E-state index contributed by atoms with van der Waals surface area (Å²) >= 11 is 6.00. The zero-order valence-electron chi connectivity index (χ0n) is 14.0. The monoisotopic (exact) mass is 342 g/mol. The topological polar surface area (TPSA) is 23.6 Å². The van der Waals surface area contributed by atoms with E-state index in [1.807, 2.05) is 47.4 Å². The van der Waals surface area contributed by atoms with Gasteiger partial charge in [0.25, 0.3) is 5.91 Å². The maximum absolute atomic E-state index is 12.5. The van der Waals surface area contributed by atoms with Crippen molar-refractivity contribution in [1.82, 2.24) is 9.80 Å². The molecule has 3 rings (SSSR count). The minimum atomic E-state index is 0.134. The molecular weight excluding hydrogens is 320 g/mol. The molecule has 2 aromatic rings. The summed E-state index contributed by atoms with van der Waals surface area (Å²) in [5.74, 6) is 0.134. The Morgan fingerprint density at radius 3 is 2.21 bits per heavy atom. The van der Waals surface area contributed by atoms with Gasteiger partial charge in [0.15, 0.2) is 0 Å². The van der Waals surface area contributed by atoms with E-state index in [1.54, 1.807) is 0 Å². The van der Waals surface area contributed by atoms with Crippen molar-refractivity contribution in [1.29, 1.82) is 0 Å². The lowest BCUT2D eigenvalue weighted by Crippen LogP contribution is -2.49. The SMILES string of the molecule is CCC(c1ccc(Cl)cc1)N1CCN(C(=O)c2ccccc2)CC1. The fourth-order valence-electron chi connectivity index (χ4n) is 3.39. The molecule has 1 aliphatic rings. The molecule has 1 unspecified atom stereocenters. The Bertz CT molecular complexity index is 664. The van der Waals surface area contributed by atoms with Crippen LogP contribution in [0, 0.1) is 0 Å². The van der Waals surface area contributed by atoms with E-state index in [9.17, 15) is 4.79 Å². The van der Waals surface area contributed by atoms with E-state index in [4.69, 9.17) is 11.6 Å². The van der Waals surface area contributed by atoms with Gasteiger partial charge in [0.1, 0.15) is 0 Å². The van der Waals surface area contributed by atoms with E-state index in [2.05, 4.69) is 24.0 Å².